The lowest BCUT2D eigenvalue weighted by molar-refractivity contribution is 0.664. The molecule has 0 amide bonds. The summed E-state index contributed by atoms with van der Waals surface area (Å²) < 4.78 is 4.94. The summed E-state index contributed by atoms with van der Waals surface area (Å²) in [6, 6.07) is 62.7. The second-order valence-corrected chi connectivity index (χ2v) is 14.5. The fourth-order valence-corrected chi connectivity index (χ4v) is 9.20. The number of para-hydroxylation sites is 2. The Balaban J connectivity index is 1.16. The Morgan fingerprint density at radius 2 is 1.04 bits per heavy atom. The van der Waals surface area contributed by atoms with Crippen LogP contribution in [-0.2, 0) is 5.41 Å². The number of benzene rings is 8. The van der Waals surface area contributed by atoms with Crippen LogP contribution >= 0.6 is 0 Å². The molecule has 51 heavy (non-hydrogen) atoms. The fraction of sp³-hybridized carbons (Fsp3) is 0.0612. The zero-order valence-electron chi connectivity index (χ0n) is 28.6. The molecule has 2 nitrogen and oxygen atoms in total. The highest BCUT2D eigenvalue weighted by molar-refractivity contribution is 6.15. The van der Waals surface area contributed by atoms with E-state index in [1.165, 1.54) is 99.1 Å². The van der Waals surface area contributed by atoms with E-state index >= 15 is 0 Å². The molecule has 0 aliphatic heterocycles. The van der Waals surface area contributed by atoms with E-state index < -0.39 is 0 Å². The predicted molar refractivity (Wildman–Crippen MR) is 216 cm³/mol. The van der Waals surface area contributed by atoms with Crippen LogP contribution in [0.5, 0.6) is 0 Å². The first-order chi connectivity index (χ1) is 25.1. The highest BCUT2D eigenvalue weighted by Crippen LogP contribution is 2.53. The van der Waals surface area contributed by atoms with Gasteiger partial charge in [-0.05, 0) is 87.3 Å². The summed E-state index contributed by atoms with van der Waals surface area (Å²) in [7, 11) is 0. The molecule has 8 aromatic carbocycles. The molecule has 240 valence electrons. The highest BCUT2D eigenvalue weighted by atomic mass is 15.0. The number of fused-ring (bicyclic) bond motifs is 11. The average molecular weight is 651 g/mol. The summed E-state index contributed by atoms with van der Waals surface area (Å²) in [5.41, 5.74) is 15.2. The van der Waals surface area contributed by atoms with Gasteiger partial charge >= 0.3 is 0 Å². The quantitative estimate of drug-likeness (QED) is 0.180. The first kappa shape index (κ1) is 28.5. The third-order valence-electron chi connectivity index (χ3n) is 11.5. The van der Waals surface area contributed by atoms with Crippen LogP contribution in [0.1, 0.15) is 25.0 Å². The van der Waals surface area contributed by atoms with Gasteiger partial charge in [0.1, 0.15) is 0 Å². The van der Waals surface area contributed by atoms with Crippen LogP contribution < -0.4 is 0 Å². The monoisotopic (exact) mass is 650 g/mol. The molecule has 0 saturated carbocycles. The van der Waals surface area contributed by atoms with Crippen molar-refractivity contribution in [2.24, 2.45) is 0 Å². The molecule has 11 rings (SSSR count). The van der Waals surface area contributed by atoms with Gasteiger partial charge in [-0.25, -0.2) is 0 Å². The molecule has 0 unspecified atom stereocenters. The summed E-state index contributed by atoms with van der Waals surface area (Å²) in [5.74, 6) is 0. The number of hydrogen-bond acceptors (Lipinski definition) is 0. The Bertz CT molecular complexity index is 3040. The maximum absolute atomic E-state index is 2.50. The van der Waals surface area contributed by atoms with E-state index in [4.69, 9.17) is 0 Å². The molecule has 0 radical (unpaired) electrons. The van der Waals surface area contributed by atoms with Crippen LogP contribution in [0.15, 0.2) is 170 Å². The van der Waals surface area contributed by atoms with E-state index in [-0.39, 0.29) is 5.41 Å². The van der Waals surface area contributed by atoms with Gasteiger partial charge in [0, 0.05) is 38.0 Å². The smallest absolute Gasteiger partial charge is 0.0588 e. The van der Waals surface area contributed by atoms with Gasteiger partial charge in [-0.1, -0.05) is 135 Å². The van der Waals surface area contributed by atoms with Crippen molar-refractivity contribution in [3.63, 3.8) is 0 Å². The molecule has 0 bridgehead atoms. The molecule has 0 spiro atoms. The molecule has 10 aromatic rings. The Morgan fingerprint density at radius 3 is 1.86 bits per heavy atom. The molecule has 1 aliphatic carbocycles. The third kappa shape index (κ3) is 3.88. The van der Waals surface area contributed by atoms with Crippen molar-refractivity contribution in [3.8, 4) is 33.6 Å². The van der Waals surface area contributed by atoms with Crippen molar-refractivity contribution in [2.45, 2.75) is 19.3 Å². The van der Waals surface area contributed by atoms with E-state index in [1.807, 2.05) is 0 Å². The molecular weight excluding hydrogens is 617 g/mol. The molecule has 0 N–H and O–H groups in total. The van der Waals surface area contributed by atoms with Gasteiger partial charge in [-0.2, -0.15) is 0 Å². The van der Waals surface area contributed by atoms with Crippen LogP contribution in [0.2, 0.25) is 0 Å². The molecule has 0 atom stereocenters. The first-order valence-corrected chi connectivity index (χ1v) is 17.9. The van der Waals surface area contributed by atoms with Crippen molar-refractivity contribution in [2.75, 3.05) is 0 Å². The molecule has 0 fully saturated rings. The van der Waals surface area contributed by atoms with Crippen LogP contribution in [0.3, 0.4) is 0 Å². The van der Waals surface area contributed by atoms with Crippen LogP contribution in [0.25, 0.3) is 88.0 Å². The number of hydrogen-bond donors (Lipinski definition) is 0. The van der Waals surface area contributed by atoms with Gasteiger partial charge in [-0.15, -0.1) is 0 Å². The standard InChI is InChI=1S/C49H34N2/c1-49(2)42-20-10-8-18-36(42)38-25-26-39-41-30-33(23-27-45(41)50(48(39)47(38)49)34-15-4-3-5-16-34)32-24-28-46-40(29-32)37-19-9-11-21-44(37)51(46)43-22-12-14-31-13-6-7-17-35(31)43/h3-30H,1-2H3. The van der Waals surface area contributed by atoms with Gasteiger partial charge in [0.25, 0.3) is 0 Å². The normalized spacial score (nSPS) is 13.5. The zero-order chi connectivity index (χ0) is 33.8. The fourth-order valence-electron chi connectivity index (χ4n) is 9.20. The molecular formula is C49H34N2. The topological polar surface area (TPSA) is 9.86 Å². The van der Waals surface area contributed by atoms with Crippen LogP contribution in [-0.4, -0.2) is 9.13 Å². The van der Waals surface area contributed by atoms with Gasteiger partial charge in [-0.3, -0.25) is 0 Å². The van der Waals surface area contributed by atoms with E-state index in [0.717, 1.165) is 0 Å². The van der Waals surface area contributed by atoms with Crippen molar-refractivity contribution in [3.05, 3.63) is 181 Å². The minimum atomic E-state index is -0.126. The summed E-state index contributed by atoms with van der Waals surface area (Å²) in [4.78, 5) is 0. The molecule has 0 saturated heterocycles. The van der Waals surface area contributed by atoms with Crippen molar-refractivity contribution < 1.29 is 0 Å². The Labute approximate surface area is 296 Å². The Hall–Kier alpha value is -6.38. The maximum Gasteiger partial charge on any atom is 0.0588 e. The molecule has 2 aromatic heterocycles. The van der Waals surface area contributed by atoms with Gasteiger partial charge in [0.15, 0.2) is 0 Å². The minimum absolute atomic E-state index is 0.126. The van der Waals surface area contributed by atoms with Crippen molar-refractivity contribution in [1.29, 1.82) is 0 Å². The Kier molecular flexibility index (Phi) is 5.76. The van der Waals surface area contributed by atoms with Gasteiger partial charge in [0.05, 0.1) is 27.8 Å². The van der Waals surface area contributed by atoms with Crippen LogP contribution in [0.4, 0.5) is 0 Å². The van der Waals surface area contributed by atoms with E-state index in [2.05, 4.69) is 193 Å². The summed E-state index contributed by atoms with van der Waals surface area (Å²) in [5, 5.41) is 7.60. The third-order valence-corrected chi connectivity index (χ3v) is 11.5. The van der Waals surface area contributed by atoms with Crippen molar-refractivity contribution >= 4 is 54.4 Å². The Morgan fingerprint density at radius 1 is 0.412 bits per heavy atom. The van der Waals surface area contributed by atoms with Gasteiger partial charge < -0.3 is 9.13 Å². The molecule has 2 heteroatoms. The predicted octanol–water partition coefficient (Wildman–Crippen LogP) is 13.0. The maximum atomic E-state index is 2.50. The van der Waals surface area contributed by atoms with E-state index in [1.54, 1.807) is 0 Å². The summed E-state index contributed by atoms with van der Waals surface area (Å²) >= 11 is 0. The second kappa shape index (κ2) is 10.3. The summed E-state index contributed by atoms with van der Waals surface area (Å²) in [6.45, 7) is 4.78. The second-order valence-electron chi connectivity index (χ2n) is 14.5. The lowest BCUT2D eigenvalue weighted by atomic mass is 9.81. The SMILES string of the molecule is CC1(C)c2ccccc2-c2ccc3c4cc(-c5ccc6c(c5)c5ccccc5n6-c5cccc6ccccc56)ccc4n(-c4ccccc4)c3c21. The van der Waals surface area contributed by atoms with Gasteiger partial charge in [0.2, 0.25) is 0 Å². The lowest BCUT2D eigenvalue weighted by Gasteiger charge is -2.23. The largest absolute Gasteiger partial charge is 0.309 e. The lowest BCUT2D eigenvalue weighted by Crippen LogP contribution is -2.16. The number of rotatable bonds is 3. The van der Waals surface area contributed by atoms with E-state index in [0.29, 0.717) is 0 Å². The highest BCUT2D eigenvalue weighted by Gasteiger charge is 2.38. The van der Waals surface area contributed by atoms with Crippen molar-refractivity contribution in [1.82, 2.24) is 9.13 Å². The minimum Gasteiger partial charge on any atom is -0.309 e. The van der Waals surface area contributed by atoms with Crippen LogP contribution in [0, 0.1) is 0 Å². The number of nitrogens with zero attached hydrogens (tertiary/aromatic N) is 2. The molecule has 1 aliphatic rings. The van der Waals surface area contributed by atoms with E-state index in [9.17, 15) is 0 Å². The molecule has 2 heterocycles. The average Bonchev–Trinajstić information content (AvgIpc) is 3.77. The number of aromatic nitrogens is 2. The first-order valence-electron chi connectivity index (χ1n) is 17.9. The summed E-state index contributed by atoms with van der Waals surface area (Å²) in [6.07, 6.45) is 0. The zero-order valence-corrected chi connectivity index (χ0v) is 28.6.